The second kappa shape index (κ2) is 12.2. The van der Waals surface area contributed by atoms with E-state index >= 15 is 0 Å². The molecule has 0 atom stereocenters. The quantitative estimate of drug-likeness (QED) is 0.170. The Hall–Kier alpha value is -4.24. The van der Waals surface area contributed by atoms with Crippen LogP contribution in [0.3, 0.4) is 0 Å². The zero-order valence-electron chi connectivity index (χ0n) is 30.2. The van der Waals surface area contributed by atoms with Gasteiger partial charge in [0.05, 0.1) is 10.6 Å². The fourth-order valence-corrected chi connectivity index (χ4v) is 9.26. The Morgan fingerprint density at radius 3 is 2.44 bits per heavy atom. The first-order valence-corrected chi connectivity index (χ1v) is 19.7. The Labute approximate surface area is 296 Å². The lowest BCUT2D eigenvalue weighted by atomic mass is 9.84. The minimum Gasteiger partial charge on any atom is -0.366 e. The first-order chi connectivity index (χ1) is 23.9. The van der Waals surface area contributed by atoms with E-state index in [0.717, 1.165) is 85.5 Å². The number of nitrogens with zero attached hydrogens (tertiary/aromatic N) is 6. The molecule has 2 aromatic carbocycles. The molecule has 50 heavy (non-hydrogen) atoms. The Morgan fingerprint density at radius 1 is 0.940 bits per heavy atom. The van der Waals surface area contributed by atoms with Crippen molar-refractivity contribution in [3.8, 4) is 11.4 Å². The molecule has 9 heteroatoms. The molecular formula is C41H48N6O2S. The van der Waals surface area contributed by atoms with Gasteiger partial charge < -0.3 is 9.80 Å². The Morgan fingerprint density at radius 2 is 1.72 bits per heavy atom. The molecule has 2 aliphatic heterocycles. The predicted molar refractivity (Wildman–Crippen MR) is 202 cm³/mol. The Bertz CT molecular complexity index is 2220. The summed E-state index contributed by atoms with van der Waals surface area (Å²) in [4.78, 5) is 20.9. The third-order valence-electron chi connectivity index (χ3n) is 11.0. The number of aryl methyl sites for hydroxylation is 2. The van der Waals surface area contributed by atoms with Crippen LogP contribution in [0.2, 0.25) is 0 Å². The number of fused-ring (bicyclic) bond motifs is 2. The molecule has 260 valence electrons. The summed E-state index contributed by atoms with van der Waals surface area (Å²) in [5.41, 5.74) is 9.89. The highest BCUT2D eigenvalue weighted by molar-refractivity contribution is 7.90. The van der Waals surface area contributed by atoms with Crippen LogP contribution < -0.4 is 9.80 Å². The van der Waals surface area contributed by atoms with Gasteiger partial charge in [-0.05, 0) is 97.7 Å². The van der Waals surface area contributed by atoms with E-state index in [2.05, 4.69) is 62.6 Å². The predicted octanol–water partition coefficient (Wildman–Crippen LogP) is 8.54. The van der Waals surface area contributed by atoms with Crippen LogP contribution in [0.5, 0.6) is 0 Å². The van der Waals surface area contributed by atoms with Crippen LogP contribution in [0.25, 0.3) is 22.4 Å². The second-order valence-corrected chi connectivity index (χ2v) is 17.7. The molecule has 0 bridgehead atoms. The largest absolute Gasteiger partial charge is 0.366 e. The van der Waals surface area contributed by atoms with Gasteiger partial charge in [0.2, 0.25) is 0 Å². The molecule has 1 aliphatic carbocycles. The number of piperidine rings is 1. The molecular weight excluding hydrogens is 641 g/mol. The van der Waals surface area contributed by atoms with E-state index < -0.39 is 10.0 Å². The number of pyridine rings is 1. The van der Waals surface area contributed by atoms with E-state index in [1.807, 2.05) is 31.3 Å². The van der Waals surface area contributed by atoms with Crippen molar-refractivity contribution in [3.63, 3.8) is 0 Å². The summed E-state index contributed by atoms with van der Waals surface area (Å²) in [6.07, 6.45) is 8.83. The zero-order valence-corrected chi connectivity index (χ0v) is 31.0. The first-order valence-electron chi connectivity index (χ1n) is 18.2. The second-order valence-electron chi connectivity index (χ2n) is 15.9. The third-order valence-corrected chi connectivity index (χ3v) is 12.7. The van der Waals surface area contributed by atoms with Gasteiger partial charge in [0.1, 0.15) is 5.82 Å². The molecule has 2 fully saturated rings. The zero-order chi connectivity index (χ0) is 34.9. The number of rotatable bonds is 7. The average Bonchev–Trinajstić information content (AvgIpc) is 3.84. The van der Waals surface area contributed by atoms with E-state index in [0.29, 0.717) is 23.3 Å². The van der Waals surface area contributed by atoms with Gasteiger partial charge in [0.25, 0.3) is 10.0 Å². The molecule has 1 saturated heterocycles. The highest BCUT2D eigenvalue weighted by Crippen LogP contribution is 2.47. The summed E-state index contributed by atoms with van der Waals surface area (Å²) in [5.74, 6) is 2.55. The van der Waals surface area contributed by atoms with Gasteiger partial charge in [0, 0.05) is 67.2 Å². The van der Waals surface area contributed by atoms with Crippen molar-refractivity contribution >= 4 is 32.6 Å². The number of anilines is 2. The molecule has 0 N–H and O–H groups in total. The van der Waals surface area contributed by atoms with Crippen LogP contribution in [0, 0.1) is 19.3 Å². The number of aromatic nitrogens is 4. The average molecular weight is 689 g/mol. The standard InChI is InChI=1S/C41H48N6O2S/c1-26(2)30-11-10-28(4)36(22-30)45-20-17-35-34(24-45)40(46-19-7-18-41(5,6)25-46)44-38(43-35)37-32-16-21-47(39(32)42-23-33(37)29-12-13-29)50(48,49)31-14-8-27(3)9-15-31/h8-11,14-16,21-23,26,29H,7,12-13,17-20,24-25H2,1-6H3. The van der Waals surface area contributed by atoms with Crippen LogP contribution in [-0.4, -0.2) is 47.0 Å². The van der Waals surface area contributed by atoms with Crippen LogP contribution >= 0.6 is 0 Å². The Kier molecular flexibility index (Phi) is 8.05. The normalized spacial score (nSPS) is 17.8. The Balaban J connectivity index is 1.28. The van der Waals surface area contributed by atoms with Crippen molar-refractivity contribution in [2.24, 2.45) is 5.41 Å². The maximum atomic E-state index is 13.9. The maximum absolute atomic E-state index is 13.9. The summed E-state index contributed by atoms with van der Waals surface area (Å²) < 4.78 is 29.2. The first kappa shape index (κ1) is 32.9. The number of benzene rings is 2. The van der Waals surface area contributed by atoms with Crippen LogP contribution in [0.4, 0.5) is 11.5 Å². The summed E-state index contributed by atoms with van der Waals surface area (Å²) in [5, 5.41) is 0.786. The van der Waals surface area contributed by atoms with Crippen molar-refractivity contribution in [2.75, 3.05) is 29.4 Å². The summed E-state index contributed by atoms with van der Waals surface area (Å²) in [7, 11) is -3.85. The van der Waals surface area contributed by atoms with Crippen molar-refractivity contribution in [3.05, 3.63) is 94.4 Å². The maximum Gasteiger partial charge on any atom is 0.269 e. The van der Waals surface area contributed by atoms with Crippen molar-refractivity contribution in [1.29, 1.82) is 0 Å². The lowest BCUT2D eigenvalue weighted by molar-refractivity contribution is 0.291. The van der Waals surface area contributed by atoms with Gasteiger partial charge in [-0.25, -0.2) is 27.3 Å². The lowest BCUT2D eigenvalue weighted by Gasteiger charge is -2.41. The van der Waals surface area contributed by atoms with Gasteiger partial charge in [-0.3, -0.25) is 0 Å². The minimum atomic E-state index is -3.85. The van der Waals surface area contributed by atoms with Crippen molar-refractivity contribution < 1.29 is 8.42 Å². The summed E-state index contributed by atoms with van der Waals surface area (Å²) in [6.45, 7) is 16.9. The van der Waals surface area contributed by atoms with Gasteiger partial charge in [0.15, 0.2) is 11.5 Å². The van der Waals surface area contributed by atoms with Gasteiger partial charge in [-0.15, -0.1) is 0 Å². The fraction of sp³-hybridized carbons (Fsp3) is 0.439. The molecule has 0 unspecified atom stereocenters. The smallest absolute Gasteiger partial charge is 0.269 e. The number of hydrogen-bond donors (Lipinski definition) is 0. The van der Waals surface area contributed by atoms with Crippen LogP contribution in [0.1, 0.15) is 98.7 Å². The van der Waals surface area contributed by atoms with E-state index in [-0.39, 0.29) is 10.3 Å². The molecule has 5 heterocycles. The third kappa shape index (κ3) is 5.87. The molecule has 8 rings (SSSR count). The summed E-state index contributed by atoms with van der Waals surface area (Å²) in [6, 6.07) is 15.8. The minimum absolute atomic E-state index is 0.178. The molecule has 0 amide bonds. The van der Waals surface area contributed by atoms with E-state index in [1.165, 1.54) is 32.8 Å². The molecule has 3 aliphatic rings. The fourth-order valence-electron chi connectivity index (χ4n) is 7.96. The highest BCUT2D eigenvalue weighted by Gasteiger charge is 2.35. The topological polar surface area (TPSA) is 84.2 Å². The molecule has 0 radical (unpaired) electrons. The van der Waals surface area contributed by atoms with Crippen molar-refractivity contribution in [2.45, 2.75) is 96.9 Å². The number of hydrogen-bond acceptors (Lipinski definition) is 7. The van der Waals surface area contributed by atoms with Gasteiger partial charge >= 0.3 is 0 Å². The van der Waals surface area contributed by atoms with Gasteiger partial charge in [-0.1, -0.05) is 57.5 Å². The SMILES string of the molecule is Cc1ccc(S(=O)(=O)n2ccc3c(-c4nc5c(c(N6CCCC(C)(C)C6)n4)CN(c4cc(C(C)C)ccc4C)CC5)c(C4CC4)cnc32)cc1. The molecule has 5 aromatic rings. The van der Waals surface area contributed by atoms with Gasteiger partial charge in [-0.2, -0.15) is 0 Å². The van der Waals surface area contributed by atoms with E-state index in [1.54, 1.807) is 18.3 Å². The van der Waals surface area contributed by atoms with Crippen LogP contribution in [-0.2, 0) is 23.0 Å². The highest BCUT2D eigenvalue weighted by atomic mass is 32.2. The van der Waals surface area contributed by atoms with E-state index in [4.69, 9.17) is 15.0 Å². The lowest BCUT2D eigenvalue weighted by Crippen LogP contribution is -2.42. The van der Waals surface area contributed by atoms with Crippen LogP contribution in [0.15, 0.2) is 65.8 Å². The molecule has 0 spiro atoms. The van der Waals surface area contributed by atoms with Crippen molar-refractivity contribution in [1.82, 2.24) is 18.9 Å². The molecule has 1 saturated carbocycles. The summed E-state index contributed by atoms with van der Waals surface area (Å²) >= 11 is 0. The molecule has 3 aromatic heterocycles. The monoisotopic (exact) mass is 688 g/mol. The molecule has 8 nitrogen and oxygen atoms in total. The van der Waals surface area contributed by atoms with E-state index in [9.17, 15) is 8.42 Å².